The van der Waals surface area contributed by atoms with E-state index in [-0.39, 0.29) is 11.7 Å². The molecule has 1 amide bonds. The fourth-order valence-electron chi connectivity index (χ4n) is 3.21. The Labute approximate surface area is 125 Å². The van der Waals surface area contributed by atoms with Gasteiger partial charge in [0.1, 0.15) is 11.7 Å². The summed E-state index contributed by atoms with van der Waals surface area (Å²) in [5.74, 6) is 0.990. The molecule has 3 unspecified atom stereocenters. The second-order valence-corrected chi connectivity index (χ2v) is 7.43. The van der Waals surface area contributed by atoms with Crippen molar-refractivity contribution in [2.75, 3.05) is 0 Å². The lowest BCUT2D eigenvalue weighted by molar-refractivity contribution is -0.133. The number of carbonyl (C=O) groups excluding carboxylic acids is 1. The van der Waals surface area contributed by atoms with Crippen molar-refractivity contribution in [3.63, 3.8) is 0 Å². The Kier molecular flexibility index (Phi) is 3.63. The number of hydrogen-bond acceptors (Lipinski definition) is 3. The number of carbonyl (C=O) groups is 1. The predicted molar refractivity (Wildman–Crippen MR) is 82.5 cm³/mol. The minimum absolute atomic E-state index is 0.0871. The fourth-order valence-corrected chi connectivity index (χ4v) is 3.99. The number of amides is 1. The molecule has 1 N–H and O–H groups in total. The van der Waals surface area contributed by atoms with Gasteiger partial charge in [-0.15, -0.1) is 11.3 Å². The molecule has 1 aromatic rings. The summed E-state index contributed by atoms with van der Waals surface area (Å²) in [6.07, 6.45) is 4.35. The number of nitrogens with zero attached hydrogens (tertiary/aromatic N) is 1. The molecule has 0 bridgehead atoms. The van der Waals surface area contributed by atoms with Crippen LogP contribution in [0.2, 0.25) is 0 Å². The Bertz CT molecular complexity index is 481. The average molecular weight is 292 g/mol. The highest BCUT2D eigenvalue weighted by molar-refractivity contribution is 7.10. The van der Waals surface area contributed by atoms with Gasteiger partial charge < -0.3 is 4.90 Å². The lowest BCUT2D eigenvalue weighted by Crippen LogP contribution is -2.39. The van der Waals surface area contributed by atoms with Crippen LogP contribution >= 0.6 is 11.3 Å². The van der Waals surface area contributed by atoms with E-state index in [0.717, 1.165) is 19.3 Å². The zero-order chi connectivity index (χ0) is 14.3. The third-order valence-electron chi connectivity index (χ3n) is 4.81. The van der Waals surface area contributed by atoms with Crippen LogP contribution in [0, 0.1) is 5.92 Å². The van der Waals surface area contributed by atoms with Gasteiger partial charge in [0.15, 0.2) is 0 Å². The Morgan fingerprint density at radius 1 is 1.50 bits per heavy atom. The van der Waals surface area contributed by atoms with Gasteiger partial charge in [-0.25, -0.2) is 0 Å². The zero-order valence-corrected chi connectivity index (χ0v) is 13.4. The molecule has 2 fully saturated rings. The van der Waals surface area contributed by atoms with Gasteiger partial charge in [-0.2, -0.15) is 0 Å². The number of rotatable bonds is 5. The van der Waals surface area contributed by atoms with Crippen molar-refractivity contribution in [1.82, 2.24) is 10.2 Å². The van der Waals surface area contributed by atoms with Crippen molar-refractivity contribution < 1.29 is 4.79 Å². The summed E-state index contributed by atoms with van der Waals surface area (Å²) >= 11 is 1.74. The molecule has 1 aromatic heterocycles. The molecular formula is C16H24N2OS. The summed E-state index contributed by atoms with van der Waals surface area (Å²) in [7, 11) is 0. The standard InChI is InChI=1S/C16H24N2OS/c1-4-11(2)10-12(3)18-14(13-6-5-9-20-13)17-16(7-8-16)15(18)19/h5-6,9,11-12,14,17H,4,7-8,10H2,1-3H3. The quantitative estimate of drug-likeness (QED) is 0.900. The van der Waals surface area contributed by atoms with Gasteiger partial charge in [0.25, 0.3) is 0 Å². The third-order valence-corrected chi connectivity index (χ3v) is 5.74. The summed E-state index contributed by atoms with van der Waals surface area (Å²) in [5.41, 5.74) is -0.224. The normalized spacial score (nSPS) is 27.1. The minimum Gasteiger partial charge on any atom is -0.318 e. The molecule has 1 aliphatic heterocycles. The molecule has 1 aliphatic carbocycles. The molecule has 3 nitrogen and oxygen atoms in total. The van der Waals surface area contributed by atoms with Crippen molar-refractivity contribution in [3.8, 4) is 0 Å². The maximum absolute atomic E-state index is 12.8. The lowest BCUT2D eigenvalue weighted by atomic mass is 9.99. The van der Waals surface area contributed by atoms with E-state index in [1.165, 1.54) is 11.3 Å². The molecule has 3 atom stereocenters. The van der Waals surface area contributed by atoms with Crippen LogP contribution in [0.4, 0.5) is 0 Å². The molecule has 0 radical (unpaired) electrons. The number of thiophene rings is 1. The third kappa shape index (κ3) is 2.29. The fraction of sp³-hybridized carbons (Fsp3) is 0.688. The first-order chi connectivity index (χ1) is 9.57. The van der Waals surface area contributed by atoms with E-state index in [2.05, 4.69) is 48.5 Å². The van der Waals surface area contributed by atoms with Gasteiger partial charge in [0.05, 0.1) is 0 Å². The predicted octanol–water partition coefficient (Wildman–Crippen LogP) is 3.54. The Morgan fingerprint density at radius 3 is 2.80 bits per heavy atom. The van der Waals surface area contributed by atoms with Crippen LogP contribution in [0.5, 0.6) is 0 Å². The van der Waals surface area contributed by atoms with Crippen LogP contribution in [-0.4, -0.2) is 22.4 Å². The molecular weight excluding hydrogens is 268 g/mol. The highest BCUT2D eigenvalue weighted by atomic mass is 32.1. The zero-order valence-electron chi connectivity index (χ0n) is 12.6. The van der Waals surface area contributed by atoms with Crippen molar-refractivity contribution in [2.24, 2.45) is 5.92 Å². The smallest absolute Gasteiger partial charge is 0.244 e. The topological polar surface area (TPSA) is 32.3 Å². The maximum atomic E-state index is 12.8. The highest BCUT2D eigenvalue weighted by Gasteiger charge is 2.60. The van der Waals surface area contributed by atoms with Crippen molar-refractivity contribution in [3.05, 3.63) is 22.4 Å². The second kappa shape index (κ2) is 5.15. The first kappa shape index (κ1) is 14.1. The lowest BCUT2D eigenvalue weighted by Gasteiger charge is -2.31. The van der Waals surface area contributed by atoms with E-state index in [0.29, 0.717) is 17.9 Å². The van der Waals surface area contributed by atoms with E-state index in [1.807, 2.05) is 0 Å². The average Bonchev–Trinajstić information content (AvgIpc) is 2.89. The molecule has 1 saturated heterocycles. The summed E-state index contributed by atoms with van der Waals surface area (Å²) in [6.45, 7) is 6.70. The SMILES string of the molecule is CCC(C)CC(C)N1C(=O)C2(CC2)NC1c1cccs1. The monoisotopic (exact) mass is 292 g/mol. The molecule has 1 spiro atoms. The molecule has 3 rings (SSSR count). The molecule has 20 heavy (non-hydrogen) atoms. The number of hydrogen-bond donors (Lipinski definition) is 1. The molecule has 1 saturated carbocycles. The Morgan fingerprint density at radius 2 is 2.25 bits per heavy atom. The van der Waals surface area contributed by atoms with Gasteiger partial charge in [0, 0.05) is 10.9 Å². The van der Waals surface area contributed by atoms with E-state index in [1.54, 1.807) is 11.3 Å². The molecule has 2 heterocycles. The Hall–Kier alpha value is -0.870. The summed E-state index contributed by atoms with van der Waals surface area (Å²) < 4.78 is 0. The van der Waals surface area contributed by atoms with Crippen LogP contribution in [0.15, 0.2) is 17.5 Å². The highest BCUT2D eigenvalue weighted by Crippen LogP contribution is 2.47. The summed E-state index contributed by atoms with van der Waals surface area (Å²) in [5, 5.41) is 5.70. The van der Waals surface area contributed by atoms with Crippen LogP contribution in [0.1, 0.15) is 57.5 Å². The van der Waals surface area contributed by atoms with Crippen molar-refractivity contribution in [2.45, 2.75) is 64.2 Å². The maximum Gasteiger partial charge on any atom is 0.244 e. The van der Waals surface area contributed by atoms with Crippen LogP contribution in [-0.2, 0) is 4.79 Å². The largest absolute Gasteiger partial charge is 0.318 e. The molecule has 110 valence electrons. The van der Waals surface area contributed by atoms with Crippen LogP contribution < -0.4 is 5.32 Å². The van der Waals surface area contributed by atoms with Gasteiger partial charge >= 0.3 is 0 Å². The van der Waals surface area contributed by atoms with Gasteiger partial charge in [-0.1, -0.05) is 26.3 Å². The molecule has 2 aliphatic rings. The first-order valence-corrected chi connectivity index (χ1v) is 8.59. The van der Waals surface area contributed by atoms with E-state index in [9.17, 15) is 4.79 Å². The van der Waals surface area contributed by atoms with Gasteiger partial charge in [0.2, 0.25) is 5.91 Å². The number of nitrogens with one attached hydrogen (secondary N) is 1. The summed E-state index contributed by atoms with van der Waals surface area (Å²) in [6, 6.07) is 4.51. The Balaban J connectivity index is 1.83. The van der Waals surface area contributed by atoms with Crippen LogP contribution in [0.3, 0.4) is 0 Å². The molecule has 0 aromatic carbocycles. The minimum atomic E-state index is -0.224. The van der Waals surface area contributed by atoms with Crippen molar-refractivity contribution >= 4 is 17.2 Å². The summed E-state index contributed by atoms with van der Waals surface area (Å²) in [4.78, 5) is 16.2. The van der Waals surface area contributed by atoms with Gasteiger partial charge in [-0.3, -0.25) is 10.1 Å². The van der Waals surface area contributed by atoms with Gasteiger partial charge in [-0.05, 0) is 43.6 Å². The molecule has 4 heteroatoms. The van der Waals surface area contributed by atoms with Crippen molar-refractivity contribution in [1.29, 1.82) is 0 Å². The van der Waals surface area contributed by atoms with E-state index < -0.39 is 0 Å². The van der Waals surface area contributed by atoms with Crippen LogP contribution in [0.25, 0.3) is 0 Å². The van der Waals surface area contributed by atoms with E-state index >= 15 is 0 Å². The first-order valence-electron chi connectivity index (χ1n) is 7.71. The second-order valence-electron chi connectivity index (χ2n) is 6.45. The van der Waals surface area contributed by atoms with E-state index in [4.69, 9.17) is 0 Å².